The summed E-state index contributed by atoms with van der Waals surface area (Å²) in [6.07, 6.45) is -1.41. The summed E-state index contributed by atoms with van der Waals surface area (Å²) in [4.78, 5) is 138. The molecular formula is C25H29N3O16. The smallest absolute Gasteiger partial charge is 0.333 e. The summed E-state index contributed by atoms with van der Waals surface area (Å²) in [5.74, 6) is -7.54. The molecule has 0 saturated carbocycles. The highest BCUT2D eigenvalue weighted by atomic mass is 16.7. The number of hydrogen-bond donors (Lipinski definition) is 0. The van der Waals surface area contributed by atoms with Crippen molar-refractivity contribution in [2.24, 2.45) is 0 Å². The van der Waals surface area contributed by atoms with Crippen molar-refractivity contribution in [2.45, 2.75) is 77.6 Å². The standard InChI is InChI=1S/C18H20N2O12.C7H9NO4/c21-11-1-2-12(22)19(11)31-17(27)7-5-15(25)29-9-10-30-16(26)6-8-18(28)32-20-13(23)3-4-14(20)24;1-2-7(11)12-8-5(9)3-4-6(8)10/h1-10H2;2-4H2,1H3. The van der Waals surface area contributed by atoms with Crippen molar-refractivity contribution in [2.75, 3.05) is 13.2 Å². The molecular weight excluding hydrogens is 598 g/mol. The lowest BCUT2D eigenvalue weighted by Gasteiger charge is -2.12. The molecule has 3 rings (SSSR count). The molecule has 44 heavy (non-hydrogen) atoms. The summed E-state index contributed by atoms with van der Waals surface area (Å²) >= 11 is 0. The first kappa shape index (κ1) is 35.0. The number of hydrogen-bond acceptors (Lipinski definition) is 16. The molecule has 19 nitrogen and oxygen atoms in total. The highest BCUT2D eigenvalue weighted by Gasteiger charge is 2.34. The van der Waals surface area contributed by atoms with Crippen molar-refractivity contribution in [1.29, 1.82) is 0 Å². The Morgan fingerprint density at radius 1 is 0.455 bits per heavy atom. The van der Waals surface area contributed by atoms with Gasteiger partial charge in [0.15, 0.2) is 0 Å². The molecule has 3 aliphatic heterocycles. The van der Waals surface area contributed by atoms with E-state index >= 15 is 0 Å². The molecule has 0 aromatic rings. The lowest BCUT2D eigenvalue weighted by Crippen LogP contribution is -2.32. The molecule has 3 heterocycles. The fourth-order valence-electron chi connectivity index (χ4n) is 3.30. The molecule has 19 heteroatoms. The maximum Gasteiger partial charge on any atom is 0.333 e. The van der Waals surface area contributed by atoms with Gasteiger partial charge in [0.2, 0.25) is 0 Å². The molecule has 3 aliphatic rings. The molecule has 0 spiro atoms. The lowest BCUT2D eigenvalue weighted by molar-refractivity contribution is -0.197. The van der Waals surface area contributed by atoms with E-state index in [4.69, 9.17) is 9.47 Å². The van der Waals surface area contributed by atoms with E-state index in [2.05, 4.69) is 14.5 Å². The quantitative estimate of drug-likeness (QED) is 0.133. The molecule has 3 saturated heterocycles. The molecule has 240 valence electrons. The fraction of sp³-hybridized carbons (Fsp3) is 0.560. The third-order valence-electron chi connectivity index (χ3n) is 5.56. The minimum atomic E-state index is -0.957. The van der Waals surface area contributed by atoms with Gasteiger partial charge >= 0.3 is 29.8 Å². The first-order chi connectivity index (χ1) is 20.8. The van der Waals surface area contributed by atoms with E-state index in [0.717, 1.165) is 0 Å². The van der Waals surface area contributed by atoms with Gasteiger partial charge in [0.25, 0.3) is 35.4 Å². The fourth-order valence-corrected chi connectivity index (χ4v) is 3.30. The van der Waals surface area contributed by atoms with E-state index in [1.54, 1.807) is 6.92 Å². The first-order valence-corrected chi connectivity index (χ1v) is 13.3. The third kappa shape index (κ3) is 11.2. The van der Waals surface area contributed by atoms with Gasteiger partial charge in [-0.3, -0.25) is 38.4 Å². The highest BCUT2D eigenvalue weighted by Crippen LogP contribution is 2.14. The van der Waals surface area contributed by atoms with Crippen molar-refractivity contribution in [3.05, 3.63) is 0 Å². The molecule has 0 aliphatic carbocycles. The Hall–Kier alpha value is -5.23. The molecule has 6 amide bonds. The predicted octanol–water partition coefficient (Wildman–Crippen LogP) is -1.15. The van der Waals surface area contributed by atoms with Crippen LogP contribution in [0.3, 0.4) is 0 Å². The second-order valence-electron chi connectivity index (χ2n) is 8.93. The minimum Gasteiger partial charge on any atom is -0.462 e. The van der Waals surface area contributed by atoms with Crippen LogP contribution in [0.1, 0.15) is 77.6 Å². The van der Waals surface area contributed by atoms with E-state index in [0.29, 0.717) is 15.2 Å². The molecule has 0 aromatic heterocycles. The van der Waals surface area contributed by atoms with Gasteiger partial charge in [-0.2, -0.15) is 0 Å². The number of carbonyl (C=O) groups excluding carboxylic acids is 11. The molecule has 0 aromatic carbocycles. The van der Waals surface area contributed by atoms with Crippen LogP contribution in [-0.2, 0) is 76.7 Å². The van der Waals surface area contributed by atoms with Crippen molar-refractivity contribution < 1.29 is 76.7 Å². The van der Waals surface area contributed by atoms with Crippen molar-refractivity contribution in [3.63, 3.8) is 0 Å². The average Bonchev–Trinajstić information content (AvgIpc) is 3.60. The number of ether oxygens (including phenoxy) is 2. The van der Waals surface area contributed by atoms with E-state index in [1.807, 2.05) is 0 Å². The molecule has 0 unspecified atom stereocenters. The van der Waals surface area contributed by atoms with Crippen LogP contribution in [0.15, 0.2) is 0 Å². The Morgan fingerprint density at radius 2 is 0.705 bits per heavy atom. The Morgan fingerprint density at radius 3 is 0.977 bits per heavy atom. The van der Waals surface area contributed by atoms with Gasteiger partial charge in [-0.1, -0.05) is 6.92 Å². The number of nitrogens with zero attached hydrogens (tertiary/aromatic N) is 3. The van der Waals surface area contributed by atoms with Crippen molar-refractivity contribution in [1.82, 2.24) is 15.2 Å². The van der Waals surface area contributed by atoms with Gasteiger partial charge < -0.3 is 24.0 Å². The van der Waals surface area contributed by atoms with E-state index in [-0.39, 0.29) is 71.0 Å². The molecule has 0 radical (unpaired) electrons. The van der Waals surface area contributed by atoms with Crippen LogP contribution in [0.2, 0.25) is 0 Å². The number of hydroxylamine groups is 6. The van der Waals surface area contributed by atoms with Gasteiger partial charge in [0.05, 0.1) is 25.7 Å². The van der Waals surface area contributed by atoms with Gasteiger partial charge in [-0.25, -0.2) is 14.4 Å². The second-order valence-corrected chi connectivity index (χ2v) is 8.93. The molecule has 0 bridgehead atoms. The number of imide groups is 3. The van der Waals surface area contributed by atoms with Gasteiger partial charge in [-0.15, -0.1) is 15.2 Å². The van der Waals surface area contributed by atoms with Crippen LogP contribution in [0.5, 0.6) is 0 Å². The summed E-state index contributed by atoms with van der Waals surface area (Å²) in [7, 11) is 0. The lowest BCUT2D eigenvalue weighted by atomic mass is 10.3. The number of amides is 6. The average molecular weight is 628 g/mol. The van der Waals surface area contributed by atoms with Crippen LogP contribution in [0.4, 0.5) is 0 Å². The SMILES string of the molecule is CCC(=O)ON1C(=O)CCC1=O.O=C(CCC(=O)ON1C(=O)CCC1=O)OCCOC(=O)CCC(=O)ON1C(=O)CCC1=O. The largest absolute Gasteiger partial charge is 0.462 e. The van der Waals surface area contributed by atoms with Crippen LogP contribution >= 0.6 is 0 Å². The minimum absolute atomic E-state index is 0.0497. The zero-order valence-corrected chi connectivity index (χ0v) is 23.6. The predicted molar refractivity (Wildman–Crippen MR) is 132 cm³/mol. The maximum absolute atomic E-state index is 11.6. The van der Waals surface area contributed by atoms with E-state index in [1.165, 1.54) is 0 Å². The topological polar surface area (TPSA) is 244 Å². The van der Waals surface area contributed by atoms with Gasteiger partial charge in [0, 0.05) is 44.9 Å². The number of rotatable bonds is 13. The maximum atomic E-state index is 11.6. The molecule has 0 atom stereocenters. The molecule has 0 N–H and O–H groups in total. The normalized spacial score (nSPS) is 16.1. The highest BCUT2D eigenvalue weighted by molar-refractivity contribution is 6.03. The summed E-state index contributed by atoms with van der Waals surface area (Å²) in [6, 6.07) is 0. The Kier molecular flexibility index (Phi) is 13.5. The van der Waals surface area contributed by atoms with Crippen LogP contribution in [0.25, 0.3) is 0 Å². The van der Waals surface area contributed by atoms with Crippen LogP contribution < -0.4 is 0 Å². The number of carbonyl (C=O) groups is 11. The van der Waals surface area contributed by atoms with Gasteiger partial charge in [-0.05, 0) is 0 Å². The molecule has 3 fully saturated rings. The van der Waals surface area contributed by atoms with E-state index in [9.17, 15) is 52.7 Å². The zero-order chi connectivity index (χ0) is 32.8. The number of esters is 2. The van der Waals surface area contributed by atoms with Gasteiger partial charge in [0.1, 0.15) is 13.2 Å². The second kappa shape index (κ2) is 17.0. The summed E-state index contributed by atoms with van der Waals surface area (Å²) in [5, 5.41) is 1.28. The van der Waals surface area contributed by atoms with E-state index < -0.39 is 78.1 Å². The summed E-state index contributed by atoms with van der Waals surface area (Å²) in [6.45, 7) is 0.960. The zero-order valence-electron chi connectivity index (χ0n) is 23.6. The van der Waals surface area contributed by atoms with Crippen LogP contribution in [0, 0.1) is 0 Å². The van der Waals surface area contributed by atoms with Crippen molar-refractivity contribution >= 4 is 65.3 Å². The first-order valence-electron chi connectivity index (χ1n) is 13.3. The Balaban J connectivity index is 0.000000469. The van der Waals surface area contributed by atoms with Crippen LogP contribution in [-0.4, -0.2) is 93.7 Å². The summed E-state index contributed by atoms with van der Waals surface area (Å²) < 4.78 is 9.50. The van der Waals surface area contributed by atoms with Crippen molar-refractivity contribution in [3.8, 4) is 0 Å². The summed E-state index contributed by atoms with van der Waals surface area (Å²) in [5.41, 5.74) is 0. The Labute approximate surface area is 248 Å². The third-order valence-corrected chi connectivity index (χ3v) is 5.56. The monoisotopic (exact) mass is 627 g/mol. The Bertz CT molecular complexity index is 1110.